The first-order valence-electron chi connectivity index (χ1n) is 5.15. The summed E-state index contributed by atoms with van der Waals surface area (Å²) in [6.45, 7) is 2.08. The number of aryl methyl sites for hydroxylation is 1. The second-order valence-electron chi connectivity index (χ2n) is 3.87. The number of hydrogen-bond acceptors (Lipinski definition) is 3. The predicted molar refractivity (Wildman–Crippen MR) is 61.0 cm³/mol. The van der Waals surface area contributed by atoms with Crippen molar-refractivity contribution < 1.29 is 8.42 Å². The Balaban J connectivity index is 2.28. The van der Waals surface area contributed by atoms with Crippen molar-refractivity contribution >= 4 is 21.6 Å². The van der Waals surface area contributed by atoms with Crippen molar-refractivity contribution in [2.24, 2.45) is 0 Å². The Morgan fingerprint density at radius 1 is 1.62 bits per heavy atom. The number of H-pyrrole nitrogens is 1. The SMILES string of the molecule is Cc1ncc(S(=O)(=O)N(CCCl)C2CC2)[nH]1. The van der Waals surface area contributed by atoms with Gasteiger partial charge < -0.3 is 4.98 Å². The predicted octanol–water partition coefficient (Wildman–Crippen LogP) is 1.11. The van der Waals surface area contributed by atoms with Gasteiger partial charge in [0.1, 0.15) is 5.82 Å². The molecule has 0 aliphatic heterocycles. The second-order valence-corrected chi connectivity index (χ2v) is 6.11. The molecule has 1 aromatic heterocycles. The number of imidazole rings is 1. The zero-order valence-electron chi connectivity index (χ0n) is 8.98. The Labute approximate surface area is 99.9 Å². The molecule has 0 atom stereocenters. The number of hydrogen-bond donors (Lipinski definition) is 1. The Hall–Kier alpha value is -0.590. The summed E-state index contributed by atoms with van der Waals surface area (Å²) in [5.41, 5.74) is 0. The molecular formula is C9H14ClN3O2S. The van der Waals surface area contributed by atoms with Gasteiger partial charge in [0.05, 0.1) is 6.20 Å². The third-order valence-electron chi connectivity index (χ3n) is 2.53. The van der Waals surface area contributed by atoms with Gasteiger partial charge in [0, 0.05) is 18.5 Å². The summed E-state index contributed by atoms with van der Waals surface area (Å²) in [5.74, 6) is 0.906. The van der Waals surface area contributed by atoms with E-state index in [1.165, 1.54) is 10.5 Å². The van der Waals surface area contributed by atoms with Gasteiger partial charge in [0.15, 0.2) is 5.03 Å². The molecule has 5 nitrogen and oxygen atoms in total. The zero-order valence-corrected chi connectivity index (χ0v) is 10.6. The van der Waals surface area contributed by atoms with Gasteiger partial charge in [0.25, 0.3) is 10.0 Å². The number of nitrogens with one attached hydrogen (secondary N) is 1. The summed E-state index contributed by atoms with van der Waals surface area (Å²) in [6, 6.07) is 0.118. The van der Waals surface area contributed by atoms with E-state index in [1.54, 1.807) is 6.92 Å². The van der Waals surface area contributed by atoms with Crippen LogP contribution in [0.4, 0.5) is 0 Å². The third-order valence-corrected chi connectivity index (χ3v) is 4.56. The molecule has 90 valence electrons. The normalized spacial score (nSPS) is 16.9. The monoisotopic (exact) mass is 263 g/mol. The minimum atomic E-state index is -3.45. The second kappa shape index (κ2) is 4.35. The third kappa shape index (κ3) is 2.23. The number of halogens is 1. The summed E-state index contributed by atoms with van der Waals surface area (Å²) in [4.78, 5) is 6.66. The molecule has 1 aliphatic carbocycles. The van der Waals surface area contributed by atoms with Crippen molar-refractivity contribution in [1.29, 1.82) is 0 Å². The largest absolute Gasteiger partial charge is 0.332 e. The molecule has 1 saturated carbocycles. The van der Waals surface area contributed by atoms with Gasteiger partial charge in [-0.1, -0.05) is 0 Å². The molecule has 1 fully saturated rings. The van der Waals surface area contributed by atoms with E-state index in [1.807, 2.05) is 0 Å². The first-order chi connectivity index (χ1) is 7.55. The molecule has 1 N–H and O–H groups in total. The Bertz CT molecular complexity index is 467. The van der Waals surface area contributed by atoms with Crippen LogP contribution in [0.25, 0.3) is 0 Å². The molecule has 16 heavy (non-hydrogen) atoms. The summed E-state index contributed by atoms with van der Waals surface area (Å²) in [7, 11) is -3.45. The molecule has 2 rings (SSSR count). The van der Waals surface area contributed by atoms with E-state index >= 15 is 0 Å². The molecule has 0 radical (unpaired) electrons. The standard InChI is InChI=1S/C9H14ClN3O2S/c1-7-11-6-9(12-7)16(14,15)13(5-4-10)8-2-3-8/h6,8H,2-5H2,1H3,(H,11,12). The number of nitrogens with zero attached hydrogens (tertiary/aromatic N) is 2. The Morgan fingerprint density at radius 3 is 2.75 bits per heavy atom. The van der Waals surface area contributed by atoms with Crippen LogP contribution in [-0.4, -0.2) is 41.2 Å². The minimum Gasteiger partial charge on any atom is -0.332 e. The highest BCUT2D eigenvalue weighted by molar-refractivity contribution is 7.89. The molecule has 0 saturated heterocycles. The molecule has 0 aromatic carbocycles. The molecule has 1 aromatic rings. The van der Waals surface area contributed by atoms with Crippen LogP contribution in [0, 0.1) is 6.92 Å². The van der Waals surface area contributed by atoms with Gasteiger partial charge >= 0.3 is 0 Å². The van der Waals surface area contributed by atoms with Crippen LogP contribution in [0.5, 0.6) is 0 Å². The molecule has 7 heteroatoms. The molecule has 1 heterocycles. The average Bonchev–Trinajstić information content (AvgIpc) is 2.96. The van der Waals surface area contributed by atoms with E-state index in [-0.39, 0.29) is 11.1 Å². The fraction of sp³-hybridized carbons (Fsp3) is 0.667. The van der Waals surface area contributed by atoms with Gasteiger partial charge in [-0.25, -0.2) is 13.4 Å². The van der Waals surface area contributed by atoms with Gasteiger partial charge in [0.2, 0.25) is 0 Å². The lowest BCUT2D eigenvalue weighted by molar-refractivity contribution is 0.420. The van der Waals surface area contributed by atoms with E-state index < -0.39 is 10.0 Å². The van der Waals surface area contributed by atoms with Crippen LogP contribution in [-0.2, 0) is 10.0 Å². The van der Waals surface area contributed by atoms with E-state index in [2.05, 4.69) is 9.97 Å². The zero-order chi connectivity index (χ0) is 11.8. The lowest BCUT2D eigenvalue weighted by Crippen LogP contribution is -2.35. The number of sulfonamides is 1. The fourth-order valence-corrected chi connectivity index (χ4v) is 3.53. The summed E-state index contributed by atoms with van der Waals surface area (Å²) < 4.78 is 25.9. The summed E-state index contributed by atoms with van der Waals surface area (Å²) in [5, 5.41) is 0.155. The molecule has 1 aliphatic rings. The van der Waals surface area contributed by atoms with E-state index in [9.17, 15) is 8.42 Å². The maximum absolute atomic E-state index is 12.2. The van der Waals surface area contributed by atoms with Crippen molar-refractivity contribution in [1.82, 2.24) is 14.3 Å². The number of aromatic nitrogens is 2. The summed E-state index contributed by atoms with van der Waals surface area (Å²) >= 11 is 5.63. The van der Waals surface area contributed by atoms with Crippen LogP contribution in [0.3, 0.4) is 0 Å². The van der Waals surface area contributed by atoms with Crippen LogP contribution in [0.2, 0.25) is 0 Å². The maximum atomic E-state index is 12.2. The highest BCUT2D eigenvalue weighted by Gasteiger charge is 2.38. The maximum Gasteiger partial charge on any atom is 0.260 e. The first kappa shape index (κ1) is 11.9. The quantitative estimate of drug-likeness (QED) is 0.810. The number of aromatic amines is 1. The van der Waals surface area contributed by atoms with Crippen molar-refractivity contribution in [2.75, 3.05) is 12.4 Å². The summed E-state index contributed by atoms with van der Waals surface area (Å²) in [6.07, 6.45) is 3.20. The Kier molecular flexibility index (Phi) is 3.23. The highest BCUT2D eigenvalue weighted by Crippen LogP contribution is 2.31. The highest BCUT2D eigenvalue weighted by atomic mass is 35.5. The molecular weight excluding hydrogens is 250 g/mol. The van der Waals surface area contributed by atoms with Crippen LogP contribution < -0.4 is 0 Å². The Morgan fingerprint density at radius 2 is 2.31 bits per heavy atom. The van der Waals surface area contributed by atoms with Crippen LogP contribution in [0.15, 0.2) is 11.2 Å². The van der Waals surface area contributed by atoms with Gasteiger partial charge in [-0.05, 0) is 19.8 Å². The van der Waals surface area contributed by atoms with Crippen molar-refractivity contribution in [2.45, 2.75) is 30.8 Å². The van der Waals surface area contributed by atoms with Crippen LogP contribution >= 0.6 is 11.6 Å². The number of rotatable bonds is 5. The first-order valence-corrected chi connectivity index (χ1v) is 7.12. The average molecular weight is 264 g/mol. The molecule has 0 bridgehead atoms. The smallest absolute Gasteiger partial charge is 0.260 e. The fourth-order valence-electron chi connectivity index (χ4n) is 1.60. The van der Waals surface area contributed by atoms with Gasteiger partial charge in [-0.15, -0.1) is 11.6 Å². The van der Waals surface area contributed by atoms with Crippen LogP contribution in [0.1, 0.15) is 18.7 Å². The number of alkyl halides is 1. The van der Waals surface area contributed by atoms with E-state index in [4.69, 9.17) is 11.6 Å². The van der Waals surface area contributed by atoms with Crippen molar-refractivity contribution in [3.8, 4) is 0 Å². The topological polar surface area (TPSA) is 66.1 Å². The molecule has 0 spiro atoms. The van der Waals surface area contributed by atoms with Gasteiger partial charge in [-0.3, -0.25) is 0 Å². The van der Waals surface area contributed by atoms with E-state index in [0.717, 1.165) is 12.8 Å². The minimum absolute atomic E-state index is 0.118. The van der Waals surface area contributed by atoms with Gasteiger partial charge in [-0.2, -0.15) is 4.31 Å². The molecule has 0 amide bonds. The van der Waals surface area contributed by atoms with E-state index in [0.29, 0.717) is 18.2 Å². The van der Waals surface area contributed by atoms with Crippen molar-refractivity contribution in [3.63, 3.8) is 0 Å². The van der Waals surface area contributed by atoms with Crippen molar-refractivity contribution in [3.05, 3.63) is 12.0 Å². The molecule has 0 unspecified atom stereocenters. The lowest BCUT2D eigenvalue weighted by Gasteiger charge is -2.19. The lowest BCUT2D eigenvalue weighted by atomic mass is 10.6.